The van der Waals surface area contributed by atoms with E-state index < -0.39 is 6.10 Å². The molecule has 0 aromatic carbocycles. The van der Waals surface area contributed by atoms with Crippen LogP contribution in [0.5, 0.6) is 0 Å². The van der Waals surface area contributed by atoms with Gasteiger partial charge in [-0.05, 0) is 13.0 Å². The number of hydrogen-bond acceptors (Lipinski definition) is 3. The zero-order valence-corrected chi connectivity index (χ0v) is 11.5. The van der Waals surface area contributed by atoms with Gasteiger partial charge in [0, 0.05) is 31.0 Å². The van der Waals surface area contributed by atoms with E-state index in [-0.39, 0.29) is 0 Å². The van der Waals surface area contributed by atoms with Crippen LogP contribution in [-0.4, -0.2) is 14.9 Å². The van der Waals surface area contributed by atoms with Crippen molar-refractivity contribution in [1.82, 2.24) is 9.78 Å². The Balaban J connectivity index is 2.24. The maximum atomic E-state index is 10.3. The van der Waals surface area contributed by atoms with E-state index in [0.29, 0.717) is 11.6 Å². The van der Waals surface area contributed by atoms with E-state index >= 15 is 0 Å². The molecule has 2 rings (SSSR count). The van der Waals surface area contributed by atoms with Crippen molar-refractivity contribution in [3.05, 3.63) is 40.1 Å². The lowest BCUT2D eigenvalue weighted by molar-refractivity contribution is 0.175. The number of halogens is 1. The number of aliphatic hydroxyl groups is 1. The minimum absolute atomic E-state index is 0.449. The summed E-state index contributed by atoms with van der Waals surface area (Å²) in [6.45, 7) is 3.89. The Kier molecular flexibility index (Phi) is 3.78. The minimum Gasteiger partial charge on any atom is -0.469 e. The molecule has 0 amide bonds. The first-order chi connectivity index (χ1) is 8.54. The molecule has 0 saturated carbocycles. The molecular formula is C13H17ClN2O2. The largest absolute Gasteiger partial charge is 0.469 e. The Labute approximate surface area is 111 Å². The van der Waals surface area contributed by atoms with Crippen LogP contribution in [0.1, 0.15) is 35.6 Å². The molecule has 5 heteroatoms. The average molecular weight is 269 g/mol. The van der Waals surface area contributed by atoms with E-state index in [1.807, 2.05) is 19.9 Å². The quantitative estimate of drug-likeness (QED) is 0.928. The van der Waals surface area contributed by atoms with E-state index in [1.54, 1.807) is 18.0 Å². The summed E-state index contributed by atoms with van der Waals surface area (Å²) in [6, 6.07) is 1.81. The number of rotatable bonds is 4. The molecule has 2 heterocycles. The van der Waals surface area contributed by atoms with Crippen molar-refractivity contribution in [2.75, 3.05) is 0 Å². The third-order valence-electron chi connectivity index (χ3n) is 3.13. The molecule has 0 spiro atoms. The molecule has 1 atom stereocenters. The lowest BCUT2D eigenvalue weighted by Crippen LogP contribution is -2.04. The Morgan fingerprint density at radius 1 is 1.56 bits per heavy atom. The molecule has 2 aromatic rings. The second-order valence-corrected chi connectivity index (χ2v) is 4.71. The van der Waals surface area contributed by atoms with Gasteiger partial charge in [-0.1, -0.05) is 18.5 Å². The van der Waals surface area contributed by atoms with Crippen LogP contribution < -0.4 is 0 Å². The number of nitrogens with zero attached hydrogens (tertiary/aromatic N) is 2. The molecule has 0 aliphatic heterocycles. The third-order valence-corrected chi connectivity index (χ3v) is 3.60. The maximum Gasteiger partial charge on any atom is 0.130 e. The number of aromatic nitrogens is 2. The van der Waals surface area contributed by atoms with E-state index in [9.17, 15) is 5.11 Å². The van der Waals surface area contributed by atoms with E-state index in [1.165, 1.54) is 0 Å². The van der Waals surface area contributed by atoms with Gasteiger partial charge in [0.2, 0.25) is 0 Å². The van der Waals surface area contributed by atoms with Crippen LogP contribution in [0.15, 0.2) is 16.7 Å². The fraction of sp³-hybridized carbons (Fsp3) is 0.462. The zero-order valence-electron chi connectivity index (χ0n) is 10.8. The topological polar surface area (TPSA) is 51.2 Å². The first-order valence-electron chi connectivity index (χ1n) is 5.96. The molecule has 4 nitrogen and oxygen atoms in total. The summed E-state index contributed by atoms with van der Waals surface area (Å²) < 4.78 is 6.94. The molecule has 2 aromatic heterocycles. The van der Waals surface area contributed by atoms with Gasteiger partial charge in [0.05, 0.1) is 18.1 Å². The lowest BCUT2D eigenvalue weighted by atomic mass is 10.0. The molecular weight excluding hydrogens is 252 g/mol. The highest BCUT2D eigenvalue weighted by molar-refractivity contribution is 6.30. The molecule has 0 aliphatic carbocycles. The van der Waals surface area contributed by atoms with Crippen LogP contribution >= 0.6 is 11.6 Å². The van der Waals surface area contributed by atoms with Crippen LogP contribution in [0.2, 0.25) is 5.15 Å². The second-order valence-electron chi connectivity index (χ2n) is 4.35. The van der Waals surface area contributed by atoms with Crippen LogP contribution in [0.3, 0.4) is 0 Å². The number of hydrogen-bond donors (Lipinski definition) is 1. The molecule has 1 N–H and O–H groups in total. The molecule has 0 saturated heterocycles. The van der Waals surface area contributed by atoms with Crippen molar-refractivity contribution >= 4 is 11.6 Å². The van der Waals surface area contributed by atoms with Gasteiger partial charge in [0.1, 0.15) is 10.9 Å². The number of aliphatic hydroxyl groups excluding tert-OH is 1. The Morgan fingerprint density at radius 3 is 2.83 bits per heavy atom. The van der Waals surface area contributed by atoms with Gasteiger partial charge < -0.3 is 9.52 Å². The van der Waals surface area contributed by atoms with Gasteiger partial charge in [0.25, 0.3) is 0 Å². The highest BCUT2D eigenvalue weighted by Crippen LogP contribution is 2.28. The Hall–Kier alpha value is -1.26. The van der Waals surface area contributed by atoms with Crippen molar-refractivity contribution in [3.8, 4) is 0 Å². The fourth-order valence-corrected chi connectivity index (χ4v) is 2.40. The van der Waals surface area contributed by atoms with Gasteiger partial charge in [-0.2, -0.15) is 5.10 Å². The van der Waals surface area contributed by atoms with E-state index in [4.69, 9.17) is 16.0 Å². The third kappa shape index (κ3) is 2.31. The molecule has 18 heavy (non-hydrogen) atoms. The van der Waals surface area contributed by atoms with E-state index in [2.05, 4.69) is 5.10 Å². The van der Waals surface area contributed by atoms with Crippen LogP contribution in [0, 0.1) is 6.92 Å². The normalized spacial score (nSPS) is 12.9. The lowest BCUT2D eigenvalue weighted by Gasteiger charge is -2.10. The summed E-state index contributed by atoms with van der Waals surface area (Å²) in [5.41, 5.74) is 2.56. The van der Waals surface area contributed by atoms with Crippen LogP contribution in [0.4, 0.5) is 0 Å². The Morgan fingerprint density at radius 2 is 2.28 bits per heavy atom. The summed E-state index contributed by atoms with van der Waals surface area (Å²) in [4.78, 5) is 0. The average Bonchev–Trinajstić information content (AvgIpc) is 2.90. The second kappa shape index (κ2) is 5.16. The standard InChI is InChI=1S/C13H17ClN2O2/c1-4-12-9(5-6-18-12)11(17)7-10-8(2)15-16(3)13(10)14/h5-6,11,17H,4,7H2,1-3H3. The van der Waals surface area contributed by atoms with Gasteiger partial charge in [-0.25, -0.2) is 0 Å². The van der Waals surface area contributed by atoms with E-state index in [0.717, 1.165) is 29.0 Å². The fourth-order valence-electron chi connectivity index (χ4n) is 2.14. The monoisotopic (exact) mass is 268 g/mol. The molecule has 0 bridgehead atoms. The molecule has 0 radical (unpaired) electrons. The highest BCUT2D eigenvalue weighted by atomic mass is 35.5. The summed E-state index contributed by atoms with van der Waals surface area (Å²) in [5.74, 6) is 0.820. The SMILES string of the molecule is CCc1occc1C(O)Cc1c(C)nn(C)c1Cl. The summed E-state index contributed by atoms with van der Waals surface area (Å²) in [7, 11) is 1.79. The number of aryl methyl sites for hydroxylation is 3. The van der Waals surface area contributed by atoms with Crippen molar-refractivity contribution in [2.45, 2.75) is 32.8 Å². The molecule has 1 unspecified atom stereocenters. The predicted molar refractivity (Wildman–Crippen MR) is 69.7 cm³/mol. The first kappa shape index (κ1) is 13.2. The Bertz CT molecular complexity index is 545. The number of furan rings is 1. The van der Waals surface area contributed by atoms with Crippen molar-refractivity contribution < 1.29 is 9.52 Å². The van der Waals surface area contributed by atoms with Gasteiger partial charge in [-0.3, -0.25) is 4.68 Å². The maximum absolute atomic E-state index is 10.3. The highest BCUT2D eigenvalue weighted by Gasteiger charge is 2.19. The van der Waals surface area contributed by atoms with Crippen molar-refractivity contribution in [2.24, 2.45) is 7.05 Å². The summed E-state index contributed by atoms with van der Waals surface area (Å²) in [6.07, 6.45) is 2.21. The first-order valence-corrected chi connectivity index (χ1v) is 6.34. The zero-order chi connectivity index (χ0) is 13.3. The van der Waals surface area contributed by atoms with Crippen LogP contribution in [0.25, 0.3) is 0 Å². The molecule has 98 valence electrons. The summed E-state index contributed by atoms with van der Waals surface area (Å²) >= 11 is 6.16. The van der Waals surface area contributed by atoms with Crippen molar-refractivity contribution in [1.29, 1.82) is 0 Å². The molecule has 0 fully saturated rings. The molecule has 0 aliphatic rings. The van der Waals surface area contributed by atoms with Crippen molar-refractivity contribution in [3.63, 3.8) is 0 Å². The van der Waals surface area contributed by atoms with Gasteiger partial charge >= 0.3 is 0 Å². The smallest absolute Gasteiger partial charge is 0.130 e. The predicted octanol–water partition coefficient (Wildman–Crippen LogP) is 2.81. The van der Waals surface area contributed by atoms with Gasteiger partial charge in [-0.15, -0.1) is 0 Å². The van der Waals surface area contributed by atoms with Gasteiger partial charge in [0.15, 0.2) is 0 Å². The van der Waals surface area contributed by atoms with Crippen LogP contribution in [-0.2, 0) is 19.9 Å². The summed E-state index contributed by atoms with van der Waals surface area (Å²) in [5, 5.41) is 15.1. The minimum atomic E-state index is -0.612.